The number of fused-ring (bicyclic) bond motifs is 6. The maximum atomic E-state index is 14.1. The first-order chi connectivity index (χ1) is 25.2. The fourth-order valence-electron chi connectivity index (χ4n) is 8.47. The summed E-state index contributed by atoms with van der Waals surface area (Å²) in [5.74, 6) is -0.697. The number of aliphatic hydroxyl groups excluding tert-OH is 1. The van der Waals surface area contributed by atoms with Crippen LogP contribution in [0.1, 0.15) is 131 Å². The number of phenols is 1. The molecule has 2 saturated heterocycles. The number of rotatable bonds is 7. The van der Waals surface area contributed by atoms with Crippen molar-refractivity contribution in [2.75, 3.05) is 7.11 Å². The van der Waals surface area contributed by atoms with Crippen LogP contribution in [-0.2, 0) is 38.4 Å². The van der Waals surface area contributed by atoms with Gasteiger partial charge in [-0.05, 0) is 99.9 Å². The van der Waals surface area contributed by atoms with Crippen molar-refractivity contribution in [2.45, 2.75) is 186 Å². The lowest BCUT2D eigenvalue weighted by Gasteiger charge is -2.51. The summed E-state index contributed by atoms with van der Waals surface area (Å²) in [5, 5.41) is 22.3. The number of esters is 1. The van der Waals surface area contributed by atoms with Crippen molar-refractivity contribution in [3.8, 4) is 23.0 Å². The van der Waals surface area contributed by atoms with Crippen molar-refractivity contribution in [3.05, 3.63) is 45.0 Å². The molecule has 1 spiro atoms. The summed E-state index contributed by atoms with van der Waals surface area (Å²) >= 11 is 0. The SMILES string of the molecule is COC(=O)c1c(C[C@]23C[C@@H](C[C@H](C)O2)c2c4c(c(O)c(C)c2O3)CO[C@@]2(C4)C[C@H](O)C[C@H](C)O2)cc(O[Si](C)(C)C(C)(C)C)c(C)c1O[Si](C)(C)C(C)(C)C. The third kappa shape index (κ3) is 7.60. The highest BCUT2D eigenvalue weighted by atomic mass is 28.4. The number of hydrogen-bond donors (Lipinski definition) is 2. The molecular formula is C43H66O10Si2. The Morgan fingerprint density at radius 1 is 0.909 bits per heavy atom. The number of methoxy groups -OCH3 is 1. The van der Waals surface area contributed by atoms with Crippen LogP contribution < -0.4 is 13.6 Å². The average molecular weight is 799 g/mol. The van der Waals surface area contributed by atoms with Gasteiger partial charge >= 0.3 is 5.97 Å². The number of carbonyl (C=O) groups excluding carboxylic acids is 1. The minimum atomic E-state index is -2.48. The van der Waals surface area contributed by atoms with Crippen LogP contribution in [0.4, 0.5) is 0 Å². The Kier molecular flexibility index (Phi) is 10.7. The molecule has 2 aromatic rings. The number of phenolic OH excluding ortho intramolecular Hbond substituents is 1. The van der Waals surface area contributed by atoms with Gasteiger partial charge in [0.2, 0.25) is 14.1 Å². The molecule has 2 bridgehead atoms. The van der Waals surface area contributed by atoms with Gasteiger partial charge in [0.05, 0.1) is 32.0 Å². The minimum absolute atomic E-state index is 0.0274. The van der Waals surface area contributed by atoms with E-state index in [9.17, 15) is 15.0 Å². The minimum Gasteiger partial charge on any atom is -0.543 e. The zero-order chi connectivity index (χ0) is 40.8. The molecule has 55 heavy (non-hydrogen) atoms. The fourth-order valence-corrected chi connectivity index (χ4v) is 10.6. The van der Waals surface area contributed by atoms with Crippen molar-refractivity contribution in [3.63, 3.8) is 0 Å². The maximum Gasteiger partial charge on any atom is 0.341 e. The molecule has 6 rings (SSSR count). The molecule has 6 atom stereocenters. The molecule has 4 heterocycles. The summed E-state index contributed by atoms with van der Waals surface area (Å²) in [6.07, 6.45) is 1.93. The molecule has 0 saturated carbocycles. The lowest BCUT2D eigenvalue weighted by Crippen LogP contribution is -2.53. The first kappa shape index (κ1) is 42.0. The van der Waals surface area contributed by atoms with Crippen LogP contribution in [0.3, 0.4) is 0 Å². The molecule has 0 aromatic heterocycles. The standard InChI is InChI=1S/C43H66O10Si2/c1-24-16-28-19-43(50-24,51-37-27(4)36(45)32-23-48-42(22-31(32)34(28)37)21-30(44)17-25(2)49-42)20-29-18-33(52-54(12,13)40(5,6)7)26(3)38(35(29)39(46)47-11)53-55(14,15)41(8,9)10/h18,24-25,28,30,44-45H,16-17,19-23H2,1-15H3/t24-,25-,28+,30+,42-,43+/m0/s1. The zero-order valence-corrected chi connectivity index (χ0v) is 38.0. The number of aliphatic hydroxyl groups is 1. The Labute approximate surface area is 330 Å². The van der Waals surface area contributed by atoms with Gasteiger partial charge in [0.15, 0.2) is 5.79 Å². The topological polar surface area (TPSA) is 122 Å². The van der Waals surface area contributed by atoms with Gasteiger partial charge in [-0.2, -0.15) is 0 Å². The second-order valence-electron chi connectivity index (χ2n) is 19.9. The first-order valence-corrected chi connectivity index (χ1v) is 25.9. The van der Waals surface area contributed by atoms with Gasteiger partial charge < -0.3 is 42.7 Å². The molecule has 10 nitrogen and oxygen atoms in total. The van der Waals surface area contributed by atoms with E-state index in [1.807, 2.05) is 26.8 Å². The third-order valence-electron chi connectivity index (χ3n) is 13.4. The number of benzene rings is 2. The summed E-state index contributed by atoms with van der Waals surface area (Å²) in [6.45, 7) is 30.0. The van der Waals surface area contributed by atoms with Crippen LogP contribution in [0.15, 0.2) is 6.07 Å². The van der Waals surface area contributed by atoms with E-state index < -0.39 is 40.3 Å². The normalized spacial score (nSPS) is 28.2. The highest BCUT2D eigenvalue weighted by Crippen LogP contribution is 2.57. The maximum absolute atomic E-state index is 14.1. The van der Waals surface area contributed by atoms with Crippen LogP contribution in [0.25, 0.3) is 0 Å². The summed E-state index contributed by atoms with van der Waals surface area (Å²) < 4.78 is 46.4. The van der Waals surface area contributed by atoms with Gasteiger partial charge in [0, 0.05) is 47.9 Å². The Bertz CT molecular complexity index is 1830. The van der Waals surface area contributed by atoms with Crippen molar-refractivity contribution in [1.82, 2.24) is 0 Å². The molecule has 0 unspecified atom stereocenters. The summed E-state index contributed by atoms with van der Waals surface area (Å²) in [4.78, 5) is 14.1. The van der Waals surface area contributed by atoms with Gasteiger partial charge in [-0.1, -0.05) is 41.5 Å². The van der Waals surface area contributed by atoms with Gasteiger partial charge in [-0.3, -0.25) is 0 Å². The lowest BCUT2D eigenvalue weighted by molar-refractivity contribution is -0.301. The second-order valence-corrected chi connectivity index (χ2v) is 29.4. The van der Waals surface area contributed by atoms with Gasteiger partial charge in [-0.15, -0.1) is 0 Å². The van der Waals surface area contributed by atoms with Crippen LogP contribution in [0, 0.1) is 13.8 Å². The van der Waals surface area contributed by atoms with E-state index in [1.54, 1.807) is 0 Å². The molecular weight excluding hydrogens is 733 g/mol. The highest BCUT2D eigenvalue weighted by Gasteiger charge is 2.53. The van der Waals surface area contributed by atoms with Crippen LogP contribution in [-0.4, -0.2) is 69.8 Å². The monoisotopic (exact) mass is 798 g/mol. The van der Waals surface area contributed by atoms with E-state index >= 15 is 0 Å². The van der Waals surface area contributed by atoms with Crippen molar-refractivity contribution in [1.29, 1.82) is 0 Å². The predicted molar refractivity (Wildman–Crippen MR) is 218 cm³/mol. The molecule has 4 aliphatic rings. The average Bonchev–Trinajstić information content (AvgIpc) is 3.03. The molecule has 0 aliphatic carbocycles. The first-order valence-electron chi connectivity index (χ1n) is 20.1. The molecule has 12 heteroatoms. The Morgan fingerprint density at radius 2 is 1.53 bits per heavy atom. The quantitative estimate of drug-likeness (QED) is 0.207. The molecule has 306 valence electrons. The van der Waals surface area contributed by atoms with Crippen molar-refractivity contribution >= 4 is 22.6 Å². The number of aromatic hydroxyl groups is 1. The fraction of sp³-hybridized carbons (Fsp3) is 0.698. The van der Waals surface area contributed by atoms with Crippen LogP contribution in [0.5, 0.6) is 23.0 Å². The smallest absolute Gasteiger partial charge is 0.341 e. The Hall–Kier alpha value is -2.62. The van der Waals surface area contributed by atoms with E-state index in [-0.39, 0.29) is 47.0 Å². The van der Waals surface area contributed by atoms with Gasteiger partial charge in [0.1, 0.15) is 28.6 Å². The summed E-state index contributed by atoms with van der Waals surface area (Å²) in [6, 6.07) is 1.98. The zero-order valence-electron chi connectivity index (χ0n) is 36.0. The van der Waals surface area contributed by atoms with E-state index in [2.05, 4.69) is 74.7 Å². The molecule has 4 aliphatic heterocycles. The third-order valence-corrected chi connectivity index (χ3v) is 22.1. The Morgan fingerprint density at radius 3 is 2.13 bits per heavy atom. The van der Waals surface area contributed by atoms with E-state index in [1.165, 1.54) is 7.11 Å². The molecule has 2 fully saturated rings. The van der Waals surface area contributed by atoms with Crippen LogP contribution >= 0.6 is 0 Å². The highest BCUT2D eigenvalue weighted by molar-refractivity contribution is 6.75. The van der Waals surface area contributed by atoms with E-state index in [4.69, 9.17) is 32.5 Å². The van der Waals surface area contributed by atoms with E-state index in [0.717, 1.165) is 28.7 Å². The Balaban J connectivity index is 1.51. The van der Waals surface area contributed by atoms with Crippen molar-refractivity contribution < 1.29 is 47.5 Å². The summed E-state index contributed by atoms with van der Waals surface area (Å²) in [7, 11) is -3.42. The number of carbonyl (C=O) groups is 1. The largest absolute Gasteiger partial charge is 0.543 e. The van der Waals surface area contributed by atoms with Gasteiger partial charge in [-0.25, -0.2) is 4.79 Å². The molecule has 0 amide bonds. The molecule has 2 N–H and O–H groups in total. The number of hydrogen-bond acceptors (Lipinski definition) is 10. The van der Waals surface area contributed by atoms with Gasteiger partial charge in [0.25, 0.3) is 8.32 Å². The van der Waals surface area contributed by atoms with Crippen LogP contribution in [0.2, 0.25) is 36.3 Å². The molecule has 2 aromatic carbocycles. The summed E-state index contributed by atoms with van der Waals surface area (Å²) in [5.41, 5.74) is 5.20. The second kappa shape index (κ2) is 14.0. The predicted octanol–water partition coefficient (Wildman–Crippen LogP) is 9.51. The lowest BCUT2D eigenvalue weighted by atomic mass is 9.74. The number of ether oxygens (including phenoxy) is 5. The van der Waals surface area contributed by atoms with E-state index in [0.29, 0.717) is 59.6 Å². The van der Waals surface area contributed by atoms with Crippen molar-refractivity contribution in [2.24, 2.45) is 0 Å². The molecule has 0 radical (unpaired) electrons.